The van der Waals surface area contributed by atoms with Crippen LogP contribution in [0.5, 0.6) is 0 Å². The van der Waals surface area contributed by atoms with E-state index in [9.17, 15) is 0 Å². The van der Waals surface area contributed by atoms with Crippen LogP contribution in [0.15, 0.2) is 47.2 Å². The largest absolute Gasteiger partial charge is 0.375 e. The Hall–Kier alpha value is -1.16. The van der Waals surface area contributed by atoms with E-state index in [1.165, 1.54) is 11.1 Å². The first-order valence-electron chi connectivity index (χ1n) is 5.73. The van der Waals surface area contributed by atoms with Gasteiger partial charge in [0.1, 0.15) is 0 Å². The van der Waals surface area contributed by atoms with Crippen molar-refractivity contribution in [2.24, 2.45) is 5.73 Å². The van der Waals surface area contributed by atoms with E-state index in [1.807, 2.05) is 18.2 Å². The van der Waals surface area contributed by atoms with Crippen LogP contribution in [0, 0.1) is 0 Å². The second kappa shape index (κ2) is 6.55. The van der Waals surface area contributed by atoms with Crippen molar-refractivity contribution in [1.82, 2.24) is 0 Å². The van der Waals surface area contributed by atoms with Gasteiger partial charge in [-0.1, -0.05) is 30.3 Å². The molecule has 2 rings (SSSR count). The Labute approximate surface area is 106 Å². The van der Waals surface area contributed by atoms with Crippen molar-refractivity contribution in [3.8, 4) is 0 Å². The van der Waals surface area contributed by atoms with E-state index in [4.69, 9.17) is 10.5 Å². The number of nitrogens with two attached hydrogens (primary N) is 1. The van der Waals surface area contributed by atoms with E-state index < -0.39 is 0 Å². The summed E-state index contributed by atoms with van der Waals surface area (Å²) >= 11 is 1.71. The molecule has 3 heteroatoms. The molecule has 0 amide bonds. The number of ether oxygens (including phenoxy) is 1. The molecule has 1 unspecified atom stereocenters. The lowest BCUT2D eigenvalue weighted by molar-refractivity contribution is 0.108. The first-order valence-corrected chi connectivity index (χ1v) is 6.67. The summed E-state index contributed by atoms with van der Waals surface area (Å²) in [5.41, 5.74) is 8.50. The molecular formula is C14H17NOS. The van der Waals surface area contributed by atoms with Gasteiger partial charge in [0, 0.05) is 6.04 Å². The Morgan fingerprint density at radius 3 is 2.65 bits per heavy atom. The Bertz CT molecular complexity index is 413. The van der Waals surface area contributed by atoms with E-state index in [1.54, 1.807) is 11.3 Å². The molecule has 2 aromatic rings. The third kappa shape index (κ3) is 4.30. The van der Waals surface area contributed by atoms with Crippen molar-refractivity contribution in [3.63, 3.8) is 0 Å². The van der Waals surface area contributed by atoms with Crippen LogP contribution >= 0.6 is 11.3 Å². The fourth-order valence-corrected chi connectivity index (χ4v) is 2.35. The van der Waals surface area contributed by atoms with Crippen LogP contribution < -0.4 is 5.73 Å². The van der Waals surface area contributed by atoms with Crippen molar-refractivity contribution in [1.29, 1.82) is 0 Å². The van der Waals surface area contributed by atoms with Gasteiger partial charge in [0.05, 0.1) is 13.2 Å². The maximum Gasteiger partial charge on any atom is 0.0717 e. The second-order valence-corrected chi connectivity index (χ2v) is 4.88. The van der Waals surface area contributed by atoms with Crippen molar-refractivity contribution in [3.05, 3.63) is 58.3 Å². The molecule has 2 N–H and O–H groups in total. The summed E-state index contributed by atoms with van der Waals surface area (Å²) in [6.07, 6.45) is 0.887. The van der Waals surface area contributed by atoms with Gasteiger partial charge in [-0.3, -0.25) is 0 Å². The predicted octanol–water partition coefficient (Wildman–Crippen LogP) is 2.83. The molecule has 1 aromatic carbocycles. The zero-order valence-corrected chi connectivity index (χ0v) is 10.5. The molecule has 0 radical (unpaired) electrons. The molecule has 0 aliphatic carbocycles. The molecule has 0 aliphatic heterocycles. The van der Waals surface area contributed by atoms with Crippen molar-refractivity contribution in [2.75, 3.05) is 6.61 Å². The molecule has 1 atom stereocenters. The fourth-order valence-electron chi connectivity index (χ4n) is 1.67. The van der Waals surface area contributed by atoms with Crippen molar-refractivity contribution >= 4 is 11.3 Å². The summed E-state index contributed by atoms with van der Waals surface area (Å²) in [6, 6.07) is 12.4. The highest BCUT2D eigenvalue weighted by atomic mass is 32.1. The van der Waals surface area contributed by atoms with Crippen LogP contribution in [0.4, 0.5) is 0 Å². The van der Waals surface area contributed by atoms with Crippen LogP contribution in [-0.2, 0) is 17.8 Å². The molecule has 0 bridgehead atoms. The number of thiophene rings is 1. The first-order chi connectivity index (χ1) is 8.34. The number of benzene rings is 1. The monoisotopic (exact) mass is 247 g/mol. The van der Waals surface area contributed by atoms with E-state index in [2.05, 4.69) is 29.0 Å². The van der Waals surface area contributed by atoms with E-state index in [0.29, 0.717) is 13.2 Å². The third-order valence-electron chi connectivity index (χ3n) is 2.52. The van der Waals surface area contributed by atoms with Gasteiger partial charge in [0.25, 0.3) is 0 Å². The fraction of sp³-hybridized carbons (Fsp3) is 0.286. The molecule has 0 saturated carbocycles. The van der Waals surface area contributed by atoms with Gasteiger partial charge in [-0.05, 0) is 34.4 Å². The maximum atomic E-state index is 6.01. The summed E-state index contributed by atoms with van der Waals surface area (Å²) in [6.45, 7) is 1.24. The lowest BCUT2D eigenvalue weighted by atomic mass is 10.1. The zero-order chi connectivity index (χ0) is 11.9. The maximum absolute atomic E-state index is 6.01. The molecule has 2 nitrogen and oxygen atoms in total. The Morgan fingerprint density at radius 1 is 1.12 bits per heavy atom. The van der Waals surface area contributed by atoms with Crippen LogP contribution in [0.1, 0.15) is 11.1 Å². The number of rotatable bonds is 6. The standard InChI is InChI=1S/C14H17NOS/c15-14(8-13-6-7-17-11-13)10-16-9-12-4-2-1-3-5-12/h1-7,11,14H,8-10,15H2. The van der Waals surface area contributed by atoms with Gasteiger partial charge in [0.15, 0.2) is 0 Å². The highest BCUT2D eigenvalue weighted by molar-refractivity contribution is 7.07. The van der Waals surface area contributed by atoms with Gasteiger partial charge in [-0.25, -0.2) is 0 Å². The highest BCUT2D eigenvalue weighted by Crippen LogP contribution is 2.08. The van der Waals surface area contributed by atoms with Gasteiger partial charge in [-0.2, -0.15) is 11.3 Å². The lowest BCUT2D eigenvalue weighted by Crippen LogP contribution is -2.28. The number of hydrogen-bond acceptors (Lipinski definition) is 3. The molecule has 0 spiro atoms. The Morgan fingerprint density at radius 2 is 1.94 bits per heavy atom. The third-order valence-corrected chi connectivity index (χ3v) is 3.25. The summed E-state index contributed by atoms with van der Waals surface area (Å²) in [4.78, 5) is 0. The second-order valence-electron chi connectivity index (χ2n) is 4.10. The average Bonchev–Trinajstić information content (AvgIpc) is 2.83. The first kappa shape index (κ1) is 12.3. The molecular weight excluding hydrogens is 230 g/mol. The Balaban J connectivity index is 1.68. The van der Waals surface area contributed by atoms with Gasteiger partial charge in [-0.15, -0.1) is 0 Å². The van der Waals surface area contributed by atoms with Crippen LogP contribution in [0.25, 0.3) is 0 Å². The SMILES string of the molecule is NC(COCc1ccccc1)Cc1ccsc1. The average molecular weight is 247 g/mol. The van der Waals surface area contributed by atoms with Gasteiger partial charge in [0.2, 0.25) is 0 Å². The van der Waals surface area contributed by atoms with E-state index in [0.717, 1.165) is 6.42 Å². The molecule has 90 valence electrons. The number of hydrogen-bond donors (Lipinski definition) is 1. The quantitative estimate of drug-likeness (QED) is 0.852. The normalized spacial score (nSPS) is 12.5. The van der Waals surface area contributed by atoms with Gasteiger partial charge < -0.3 is 10.5 Å². The summed E-state index contributed by atoms with van der Waals surface area (Å²) < 4.78 is 5.61. The minimum atomic E-state index is 0.0771. The lowest BCUT2D eigenvalue weighted by Gasteiger charge is -2.11. The van der Waals surface area contributed by atoms with Gasteiger partial charge >= 0.3 is 0 Å². The Kier molecular flexibility index (Phi) is 4.74. The highest BCUT2D eigenvalue weighted by Gasteiger charge is 2.04. The molecule has 1 heterocycles. The molecule has 1 aromatic heterocycles. The van der Waals surface area contributed by atoms with Crippen LogP contribution in [0.3, 0.4) is 0 Å². The minimum Gasteiger partial charge on any atom is -0.375 e. The molecule has 0 fully saturated rings. The minimum absolute atomic E-state index is 0.0771. The molecule has 0 aliphatic rings. The smallest absolute Gasteiger partial charge is 0.0717 e. The molecule has 17 heavy (non-hydrogen) atoms. The van der Waals surface area contributed by atoms with Crippen LogP contribution in [0.2, 0.25) is 0 Å². The summed E-state index contributed by atoms with van der Waals surface area (Å²) in [5, 5.41) is 4.21. The summed E-state index contributed by atoms with van der Waals surface area (Å²) in [5.74, 6) is 0. The van der Waals surface area contributed by atoms with Crippen molar-refractivity contribution in [2.45, 2.75) is 19.1 Å². The predicted molar refractivity (Wildman–Crippen MR) is 72.1 cm³/mol. The van der Waals surface area contributed by atoms with E-state index in [-0.39, 0.29) is 6.04 Å². The molecule has 0 saturated heterocycles. The topological polar surface area (TPSA) is 35.2 Å². The summed E-state index contributed by atoms with van der Waals surface area (Å²) in [7, 11) is 0. The van der Waals surface area contributed by atoms with E-state index >= 15 is 0 Å². The zero-order valence-electron chi connectivity index (χ0n) is 9.71. The van der Waals surface area contributed by atoms with Crippen LogP contribution in [-0.4, -0.2) is 12.6 Å². The van der Waals surface area contributed by atoms with Crippen molar-refractivity contribution < 1.29 is 4.74 Å².